The number of aliphatic carboxylic acids is 1. The summed E-state index contributed by atoms with van der Waals surface area (Å²) in [6.07, 6.45) is 3.93. The van der Waals surface area contributed by atoms with Crippen molar-refractivity contribution in [1.82, 2.24) is 0 Å². The lowest BCUT2D eigenvalue weighted by atomic mass is 10.0. The van der Waals surface area contributed by atoms with Crippen LogP contribution in [0.4, 0.5) is 0 Å². The normalized spacial score (nSPS) is 15.8. The van der Waals surface area contributed by atoms with Gasteiger partial charge in [0.15, 0.2) is 0 Å². The fraction of sp³-hybridized carbons (Fsp3) is 0.846. The fourth-order valence-corrected chi connectivity index (χ4v) is 2.00. The first-order valence-electron chi connectivity index (χ1n) is 6.55. The minimum atomic E-state index is -1.59. The number of hydrogen-bond acceptors (Lipinski definition) is 3. The molecule has 0 spiro atoms. The molecule has 106 valence electrons. The Labute approximate surface area is 117 Å². The average Bonchev–Trinajstić information content (AvgIpc) is 2.34. The Hall–Kier alpha value is -0.580. The van der Waals surface area contributed by atoms with E-state index >= 15 is 0 Å². The van der Waals surface area contributed by atoms with Gasteiger partial charge in [0.2, 0.25) is 4.32 Å². The van der Waals surface area contributed by atoms with Crippen LogP contribution in [0.5, 0.6) is 0 Å². The van der Waals surface area contributed by atoms with E-state index in [-0.39, 0.29) is 12.5 Å². The summed E-state index contributed by atoms with van der Waals surface area (Å²) in [5.41, 5.74) is 0. The van der Waals surface area contributed by atoms with E-state index in [4.69, 9.17) is 4.74 Å². The Bertz CT molecular complexity index is 280. The van der Waals surface area contributed by atoms with Crippen LogP contribution in [0.3, 0.4) is 0 Å². The Morgan fingerprint density at radius 2 is 1.89 bits per heavy atom. The highest BCUT2D eigenvalue weighted by atomic mass is 79.9. The number of carbonyl (C=O) groups excluding carboxylic acids is 1. The molecule has 0 aliphatic carbocycles. The Kier molecular flexibility index (Phi) is 8.24. The lowest BCUT2D eigenvalue weighted by molar-refractivity contribution is -0.160. The van der Waals surface area contributed by atoms with Crippen LogP contribution >= 0.6 is 15.9 Å². The number of ether oxygens (including phenoxy) is 1. The van der Waals surface area contributed by atoms with Crippen LogP contribution < -0.4 is 0 Å². The van der Waals surface area contributed by atoms with E-state index < -0.39 is 16.3 Å². The summed E-state index contributed by atoms with van der Waals surface area (Å²) in [4.78, 5) is 23.3. The highest BCUT2D eigenvalue weighted by Gasteiger charge is 2.45. The topological polar surface area (TPSA) is 63.6 Å². The molecule has 0 amide bonds. The molecule has 0 saturated carbocycles. The zero-order valence-electron chi connectivity index (χ0n) is 11.4. The van der Waals surface area contributed by atoms with Gasteiger partial charge < -0.3 is 9.84 Å². The lowest BCUT2D eigenvalue weighted by Crippen LogP contribution is -2.43. The SMILES string of the molecule is CCCCC(Br)(C(=O)O)C(=O)OC(CC)CCC. The van der Waals surface area contributed by atoms with Crippen molar-refractivity contribution in [2.24, 2.45) is 0 Å². The number of carboxylic acids is 1. The van der Waals surface area contributed by atoms with Crippen molar-refractivity contribution in [3.63, 3.8) is 0 Å². The number of esters is 1. The second kappa shape index (κ2) is 8.51. The van der Waals surface area contributed by atoms with Crippen molar-refractivity contribution < 1.29 is 19.4 Å². The summed E-state index contributed by atoms with van der Waals surface area (Å²) in [7, 11) is 0. The summed E-state index contributed by atoms with van der Waals surface area (Å²) >= 11 is 3.05. The Morgan fingerprint density at radius 3 is 2.28 bits per heavy atom. The maximum Gasteiger partial charge on any atom is 0.334 e. The number of alkyl halides is 1. The highest BCUT2D eigenvalue weighted by Crippen LogP contribution is 2.28. The van der Waals surface area contributed by atoms with Gasteiger partial charge in [-0.1, -0.05) is 56.0 Å². The van der Waals surface area contributed by atoms with Gasteiger partial charge in [-0.05, 0) is 19.3 Å². The molecule has 0 aromatic heterocycles. The zero-order valence-corrected chi connectivity index (χ0v) is 13.0. The van der Waals surface area contributed by atoms with Gasteiger partial charge in [-0.2, -0.15) is 0 Å². The van der Waals surface area contributed by atoms with Gasteiger partial charge in [-0.3, -0.25) is 4.79 Å². The van der Waals surface area contributed by atoms with Crippen LogP contribution in [-0.4, -0.2) is 27.5 Å². The fourth-order valence-electron chi connectivity index (χ4n) is 1.63. The molecule has 2 atom stereocenters. The van der Waals surface area contributed by atoms with E-state index in [1.54, 1.807) is 0 Å². The molecule has 0 aromatic carbocycles. The zero-order chi connectivity index (χ0) is 14.2. The first kappa shape index (κ1) is 17.4. The molecule has 0 radical (unpaired) electrons. The monoisotopic (exact) mass is 322 g/mol. The summed E-state index contributed by atoms with van der Waals surface area (Å²) < 4.78 is 3.70. The largest absolute Gasteiger partial charge is 0.480 e. The summed E-state index contributed by atoms with van der Waals surface area (Å²) in [5.74, 6) is -1.85. The van der Waals surface area contributed by atoms with Crippen LogP contribution in [-0.2, 0) is 14.3 Å². The van der Waals surface area contributed by atoms with E-state index in [9.17, 15) is 14.7 Å². The summed E-state index contributed by atoms with van der Waals surface area (Å²) in [6.45, 7) is 5.88. The molecule has 0 aliphatic rings. The van der Waals surface area contributed by atoms with Gasteiger partial charge in [0.1, 0.15) is 6.10 Å². The molecule has 0 aromatic rings. The number of hydrogen-bond donors (Lipinski definition) is 1. The third-order valence-corrected chi connectivity index (χ3v) is 3.94. The van der Waals surface area contributed by atoms with Gasteiger partial charge in [0, 0.05) is 0 Å². The molecule has 0 bridgehead atoms. The third-order valence-electron chi connectivity index (χ3n) is 2.88. The van der Waals surface area contributed by atoms with E-state index in [1.165, 1.54) is 0 Å². The van der Waals surface area contributed by atoms with Gasteiger partial charge in [0.05, 0.1) is 0 Å². The lowest BCUT2D eigenvalue weighted by Gasteiger charge is -2.24. The predicted octanol–water partition coefficient (Wildman–Crippen LogP) is 3.52. The molecule has 1 N–H and O–H groups in total. The van der Waals surface area contributed by atoms with Crippen molar-refractivity contribution >= 4 is 27.9 Å². The van der Waals surface area contributed by atoms with Crippen molar-refractivity contribution in [2.45, 2.75) is 69.7 Å². The van der Waals surface area contributed by atoms with Crippen LogP contribution in [0, 0.1) is 0 Å². The molecule has 0 fully saturated rings. The van der Waals surface area contributed by atoms with Crippen LogP contribution in [0.25, 0.3) is 0 Å². The molecular weight excluding hydrogens is 300 g/mol. The molecule has 0 aliphatic heterocycles. The van der Waals surface area contributed by atoms with E-state index in [2.05, 4.69) is 15.9 Å². The minimum Gasteiger partial charge on any atom is -0.480 e. The first-order valence-corrected chi connectivity index (χ1v) is 7.35. The summed E-state index contributed by atoms with van der Waals surface area (Å²) in [6, 6.07) is 0. The third kappa shape index (κ3) is 4.96. The van der Waals surface area contributed by atoms with Crippen molar-refractivity contribution in [2.75, 3.05) is 0 Å². The maximum atomic E-state index is 12.0. The Balaban J connectivity index is 4.70. The second-order valence-electron chi connectivity index (χ2n) is 4.43. The van der Waals surface area contributed by atoms with E-state index in [1.807, 2.05) is 20.8 Å². The van der Waals surface area contributed by atoms with Gasteiger partial charge in [0.25, 0.3) is 0 Å². The first-order chi connectivity index (χ1) is 8.42. The van der Waals surface area contributed by atoms with Crippen molar-refractivity contribution in [3.8, 4) is 0 Å². The van der Waals surface area contributed by atoms with Crippen molar-refractivity contribution in [1.29, 1.82) is 0 Å². The van der Waals surface area contributed by atoms with Crippen LogP contribution in [0.1, 0.15) is 59.3 Å². The standard InChI is InChI=1S/C13H23BrO4/c1-4-7-9-13(14,11(15)16)12(17)18-10(6-3)8-5-2/h10H,4-9H2,1-3H3,(H,15,16). The minimum absolute atomic E-state index is 0.194. The van der Waals surface area contributed by atoms with E-state index in [0.29, 0.717) is 12.8 Å². The average molecular weight is 323 g/mol. The van der Waals surface area contributed by atoms with Crippen molar-refractivity contribution in [3.05, 3.63) is 0 Å². The highest BCUT2D eigenvalue weighted by molar-refractivity contribution is 9.10. The quantitative estimate of drug-likeness (QED) is 0.401. The van der Waals surface area contributed by atoms with Gasteiger partial charge in [-0.15, -0.1) is 0 Å². The number of carboxylic acid groups (broad SMARTS) is 1. The molecule has 18 heavy (non-hydrogen) atoms. The number of halogens is 1. The van der Waals surface area contributed by atoms with Crippen LogP contribution in [0.15, 0.2) is 0 Å². The molecule has 0 heterocycles. The number of rotatable bonds is 9. The Morgan fingerprint density at radius 1 is 1.28 bits per heavy atom. The number of carbonyl (C=O) groups is 2. The molecule has 5 heteroatoms. The smallest absolute Gasteiger partial charge is 0.334 e. The van der Waals surface area contributed by atoms with E-state index in [0.717, 1.165) is 19.3 Å². The van der Waals surface area contributed by atoms with Gasteiger partial charge >= 0.3 is 11.9 Å². The molecule has 2 unspecified atom stereocenters. The summed E-state index contributed by atoms with van der Waals surface area (Å²) in [5, 5.41) is 9.20. The van der Waals surface area contributed by atoms with Gasteiger partial charge in [-0.25, -0.2) is 4.79 Å². The maximum absolute atomic E-state index is 12.0. The predicted molar refractivity (Wildman–Crippen MR) is 73.9 cm³/mol. The molecular formula is C13H23BrO4. The van der Waals surface area contributed by atoms with Crippen LogP contribution in [0.2, 0.25) is 0 Å². The second-order valence-corrected chi connectivity index (χ2v) is 5.79. The molecule has 0 rings (SSSR count). The molecule has 4 nitrogen and oxygen atoms in total. The molecule has 0 saturated heterocycles. The number of unbranched alkanes of at least 4 members (excludes halogenated alkanes) is 1.